The first-order valence-electron chi connectivity index (χ1n) is 8.42. The van der Waals surface area contributed by atoms with Gasteiger partial charge < -0.3 is 10.1 Å². The third-order valence-electron chi connectivity index (χ3n) is 4.28. The Morgan fingerprint density at radius 3 is 3.04 bits per heavy atom. The Labute approximate surface area is 149 Å². The lowest BCUT2D eigenvalue weighted by Gasteiger charge is -2.30. The van der Waals surface area contributed by atoms with Gasteiger partial charge in [-0.05, 0) is 25.3 Å². The lowest BCUT2D eigenvalue weighted by atomic mass is 9.94. The monoisotopic (exact) mass is 359 g/mol. The SMILES string of the molecule is CC(C)CNC(=O)c1nc2c3c4c(sc3ncn2n1)COC(C)(C)C4. The molecule has 0 unspecified atom stereocenters. The summed E-state index contributed by atoms with van der Waals surface area (Å²) in [6, 6.07) is 0. The molecule has 0 fully saturated rings. The number of ether oxygens (including phenoxy) is 1. The largest absolute Gasteiger partial charge is 0.370 e. The smallest absolute Gasteiger partial charge is 0.291 e. The van der Waals surface area contributed by atoms with E-state index < -0.39 is 0 Å². The topological polar surface area (TPSA) is 81.4 Å². The first-order chi connectivity index (χ1) is 11.8. The summed E-state index contributed by atoms with van der Waals surface area (Å²) >= 11 is 1.63. The van der Waals surface area contributed by atoms with E-state index in [2.05, 4.69) is 34.2 Å². The van der Waals surface area contributed by atoms with Crippen molar-refractivity contribution in [2.24, 2.45) is 5.92 Å². The van der Waals surface area contributed by atoms with Crippen molar-refractivity contribution in [1.29, 1.82) is 0 Å². The van der Waals surface area contributed by atoms with Crippen LogP contribution in [0.5, 0.6) is 0 Å². The van der Waals surface area contributed by atoms with Gasteiger partial charge in [-0.1, -0.05) is 13.8 Å². The summed E-state index contributed by atoms with van der Waals surface area (Å²) in [5, 5.41) is 8.17. The fraction of sp³-hybridized carbons (Fsp3) is 0.529. The molecule has 0 aliphatic carbocycles. The molecule has 8 heteroatoms. The lowest BCUT2D eigenvalue weighted by molar-refractivity contribution is -0.0379. The summed E-state index contributed by atoms with van der Waals surface area (Å²) in [6.45, 7) is 9.45. The van der Waals surface area contributed by atoms with Gasteiger partial charge >= 0.3 is 0 Å². The van der Waals surface area contributed by atoms with Gasteiger partial charge in [-0.2, -0.15) is 0 Å². The van der Waals surface area contributed by atoms with Gasteiger partial charge in [0.1, 0.15) is 11.2 Å². The molecular formula is C17H21N5O2S. The average molecular weight is 359 g/mol. The molecule has 0 bridgehead atoms. The van der Waals surface area contributed by atoms with Crippen LogP contribution in [-0.4, -0.2) is 37.6 Å². The molecule has 0 radical (unpaired) electrons. The van der Waals surface area contributed by atoms with E-state index in [-0.39, 0.29) is 17.3 Å². The van der Waals surface area contributed by atoms with Crippen molar-refractivity contribution >= 4 is 33.1 Å². The molecule has 0 saturated heterocycles. The molecule has 1 amide bonds. The molecule has 3 aromatic heterocycles. The van der Waals surface area contributed by atoms with Gasteiger partial charge in [0.25, 0.3) is 5.91 Å². The van der Waals surface area contributed by atoms with Crippen molar-refractivity contribution in [2.75, 3.05) is 6.54 Å². The number of nitrogens with zero attached hydrogens (tertiary/aromatic N) is 4. The second-order valence-electron chi connectivity index (χ2n) is 7.46. The molecular weight excluding hydrogens is 338 g/mol. The minimum atomic E-state index is -0.252. The fourth-order valence-electron chi connectivity index (χ4n) is 3.01. The van der Waals surface area contributed by atoms with Crippen LogP contribution in [0.3, 0.4) is 0 Å². The number of thiophene rings is 1. The second kappa shape index (κ2) is 5.74. The minimum absolute atomic E-state index is 0.182. The highest BCUT2D eigenvalue weighted by molar-refractivity contribution is 7.19. The molecule has 0 spiro atoms. The molecule has 1 aliphatic heterocycles. The first-order valence-corrected chi connectivity index (χ1v) is 9.23. The van der Waals surface area contributed by atoms with Crippen LogP contribution in [0.1, 0.15) is 48.8 Å². The van der Waals surface area contributed by atoms with Crippen molar-refractivity contribution in [3.8, 4) is 0 Å². The van der Waals surface area contributed by atoms with E-state index in [1.165, 1.54) is 10.4 Å². The summed E-state index contributed by atoms with van der Waals surface area (Å²) in [5.41, 5.74) is 1.69. The number of nitrogens with one attached hydrogen (secondary N) is 1. The Hall–Kier alpha value is -2.06. The highest BCUT2D eigenvalue weighted by Crippen LogP contribution is 2.39. The number of hydrogen-bond donors (Lipinski definition) is 1. The van der Waals surface area contributed by atoms with Gasteiger partial charge in [0, 0.05) is 17.8 Å². The Kier molecular flexibility index (Phi) is 3.77. The maximum Gasteiger partial charge on any atom is 0.291 e. The average Bonchev–Trinajstić information content (AvgIpc) is 3.12. The van der Waals surface area contributed by atoms with Gasteiger partial charge in [-0.3, -0.25) is 4.79 Å². The van der Waals surface area contributed by atoms with E-state index in [0.717, 1.165) is 16.6 Å². The quantitative estimate of drug-likeness (QED) is 0.777. The number of rotatable bonds is 3. The maximum absolute atomic E-state index is 12.3. The number of carbonyl (C=O) groups is 1. The zero-order valence-corrected chi connectivity index (χ0v) is 15.6. The molecule has 0 atom stereocenters. The fourth-order valence-corrected chi connectivity index (χ4v) is 4.08. The van der Waals surface area contributed by atoms with Crippen LogP contribution in [0.4, 0.5) is 0 Å². The van der Waals surface area contributed by atoms with Crippen LogP contribution in [0.15, 0.2) is 6.33 Å². The molecule has 1 aliphatic rings. The molecule has 1 N–H and O–H groups in total. The van der Waals surface area contributed by atoms with Crippen molar-refractivity contribution in [3.05, 3.63) is 22.6 Å². The molecule has 0 aromatic carbocycles. The van der Waals surface area contributed by atoms with Crippen molar-refractivity contribution < 1.29 is 9.53 Å². The Balaban J connectivity index is 1.81. The number of fused-ring (bicyclic) bond motifs is 5. The van der Waals surface area contributed by atoms with Crippen molar-refractivity contribution in [3.63, 3.8) is 0 Å². The van der Waals surface area contributed by atoms with E-state index in [4.69, 9.17) is 4.74 Å². The maximum atomic E-state index is 12.3. The lowest BCUT2D eigenvalue weighted by Crippen LogP contribution is -2.31. The first kappa shape index (κ1) is 16.4. The Morgan fingerprint density at radius 2 is 2.28 bits per heavy atom. The summed E-state index contributed by atoms with van der Waals surface area (Å²) < 4.78 is 7.51. The van der Waals surface area contributed by atoms with Crippen LogP contribution in [0, 0.1) is 5.92 Å². The molecule has 0 saturated carbocycles. The van der Waals surface area contributed by atoms with Gasteiger partial charge in [0.15, 0.2) is 5.65 Å². The number of carbonyl (C=O) groups excluding carboxylic acids is 1. The van der Waals surface area contributed by atoms with Crippen LogP contribution in [-0.2, 0) is 17.8 Å². The molecule has 7 nitrogen and oxygen atoms in total. The highest BCUT2D eigenvalue weighted by Gasteiger charge is 2.31. The second-order valence-corrected chi connectivity index (χ2v) is 8.54. The van der Waals surface area contributed by atoms with E-state index in [9.17, 15) is 4.79 Å². The Bertz CT molecular complexity index is 972. The standard InChI is InChI=1S/C17H21N5O2S/c1-9(2)6-18-15(23)13-20-14-12-10-5-17(3,4)24-7-11(10)25-16(12)19-8-22(14)21-13/h8-9H,5-7H2,1-4H3,(H,18,23). The number of aromatic nitrogens is 4. The van der Waals surface area contributed by atoms with Crippen molar-refractivity contribution in [1.82, 2.24) is 24.9 Å². The van der Waals surface area contributed by atoms with E-state index in [1.54, 1.807) is 22.2 Å². The van der Waals surface area contributed by atoms with Crippen molar-refractivity contribution in [2.45, 2.75) is 46.3 Å². The van der Waals surface area contributed by atoms with Gasteiger partial charge in [0.2, 0.25) is 5.82 Å². The van der Waals surface area contributed by atoms with Crippen LogP contribution >= 0.6 is 11.3 Å². The van der Waals surface area contributed by atoms with E-state index in [0.29, 0.717) is 24.7 Å². The predicted molar refractivity (Wildman–Crippen MR) is 95.9 cm³/mol. The summed E-state index contributed by atoms with van der Waals surface area (Å²) in [6.07, 6.45) is 2.42. The van der Waals surface area contributed by atoms with E-state index in [1.807, 2.05) is 13.8 Å². The third-order valence-corrected chi connectivity index (χ3v) is 5.40. The minimum Gasteiger partial charge on any atom is -0.370 e. The third kappa shape index (κ3) is 2.89. The molecule has 132 valence electrons. The van der Waals surface area contributed by atoms with Gasteiger partial charge in [-0.25, -0.2) is 14.5 Å². The summed E-state index contributed by atoms with van der Waals surface area (Å²) in [5.74, 6) is 0.306. The van der Waals surface area contributed by atoms with Crippen LogP contribution in [0.25, 0.3) is 15.9 Å². The summed E-state index contributed by atoms with van der Waals surface area (Å²) in [7, 11) is 0. The van der Waals surface area contributed by atoms with Gasteiger partial charge in [0.05, 0.1) is 17.6 Å². The van der Waals surface area contributed by atoms with Crippen LogP contribution < -0.4 is 5.32 Å². The Morgan fingerprint density at radius 1 is 1.48 bits per heavy atom. The molecule has 3 aromatic rings. The normalized spacial score (nSPS) is 16.5. The molecule has 4 heterocycles. The predicted octanol–water partition coefficient (Wildman–Crippen LogP) is 2.58. The highest BCUT2D eigenvalue weighted by atomic mass is 32.1. The number of amides is 1. The summed E-state index contributed by atoms with van der Waals surface area (Å²) in [4.78, 5) is 23.4. The molecule has 4 rings (SSSR count). The number of hydrogen-bond acceptors (Lipinski definition) is 6. The zero-order valence-electron chi connectivity index (χ0n) is 14.8. The van der Waals surface area contributed by atoms with Gasteiger partial charge in [-0.15, -0.1) is 16.4 Å². The molecule has 25 heavy (non-hydrogen) atoms. The van der Waals surface area contributed by atoms with Crippen LogP contribution in [0.2, 0.25) is 0 Å². The zero-order chi connectivity index (χ0) is 17.8. The van der Waals surface area contributed by atoms with E-state index >= 15 is 0 Å².